The van der Waals surface area contributed by atoms with Crippen LogP contribution >= 0.6 is 0 Å². The molecule has 0 aliphatic heterocycles. The minimum absolute atomic E-state index is 0.182. The Hall–Kier alpha value is -2.01. The summed E-state index contributed by atoms with van der Waals surface area (Å²) >= 11 is -0.844. The fourth-order valence-corrected chi connectivity index (χ4v) is 5.47. The largest absolute Gasteiger partial charge is 0.537 e. The second kappa shape index (κ2) is 7.26. The molecule has 7 nitrogen and oxygen atoms in total. The van der Waals surface area contributed by atoms with Gasteiger partial charge in [-0.1, -0.05) is 18.2 Å². The van der Waals surface area contributed by atoms with Crippen LogP contribution in [0.5, 0.6) is 5.75 Å². The van der Waals surface area contributed by atoms with Crippen molar-refractivity contribution in [3.8, 4) is 5.75 Å². The predicted molar refractivity (Wildman–Crippen MR) is 87.6 cm³/mol. The van der Waals surface area contributed by atoms with Crippen LogP contribution in [0.3, 0.4) is 0 Å². The third-order valence-electron chi connectivity index (χ3n) is 2.77. The zero-order valence-electron chi connectivity index (χ0n) is 13.4. The normalized spacial score (nSPS) is 11.1. The third-order valence-corrected chi connectivity index (χ3v) is 6.31. The van der Waals surface area contributed by atoms with E-state index in [-0.39, 0.29) is 17.1 Å². The molecule has 24 heavy (non-hydrogen) atoms. The van der Waals surface area contributed by atoms with Crippen molar-refractivity contribution in [3.05, 3.63) is 69.8 Å². The molecule has 0 aliphatic carbocycles. The fourth-order valence-electron chi connectivity index (χ4n) is 1.88. The minimum atomic E-state index is -2.13. The Balaban J connectivity index is 2.63. The van der Waals surface area contributed by atoms with E-state index in [1.807, 2.05) is 50.0 Å². The number of nitro groups is 2. The Morgan fingerprint density at radius 3 is 2.12 bits per heavy atom. The van der Waals surface area contributed by atoms with Crippen LogP contribution in [0.1, 0.15) is 0 Å². The summed E-state index contributed by atoms with van der Waals surface area (Å²) in [5.41, 5.74) is -0.618. The number of benzene rings is 2. The van der Waals surface area contributed by atoms with Gasteiger partial charge in [-0.2, -0.15) is 0 Å². The summed E-state index contributed by atoms with van der Waals surface area (Å²) in [4.78, 5) is 21.3. The van der Waals surface area contributed by atoms with Gasteiger partial charge in [-0.25, -0.2) is 0 Å². The number of non-ortho nitro benzene ring substituents is 1. The number of halogens is 1. The summed E-state index contributed by atoms with van der Waals surface area (Å²) in [6, 6.07) is 11.8. The lowest BCUT2D eigenvalue weighted by Crippen LogP contribution is -3.61. The predicted octanol–water partition coefficient (Wildman–Crippen LogP) is 0.845. The minimum Gasteiger partial charge on any atom is -0.537 e. The van der Waals surface area contributed by atoms with E-state index in [9.17, 15) is 20.2 Å². The summed E-state index contributed by atoms with van der Waals surface area (Å²) in [6.45, 7) is 5.76. The second-order valence-corrected chi connectivity index (χ2v) is 13.3. The van der Waals surface area contributed by atoms with Crippen molar-refractivity contribution in [2.45, 2.75) is 19.6 Å². The first-order valence-corrected chi connectivity index (χ1v) is 12.6. The molecule has 9 heteroatoms. The Morgan fingerprint density at radius 2 is 1.62 bits per heavy atom. The molecule has 0 atom stereocenters. The van der Waals surface area contributed by atoms with E-state index < -0.39 is 39.4 Å². The quantitative estimate of drug-likeness (QED) is 0.276. The molecule has 0 N–H and O–H groups in total. The molecule has 0 fully saturated rings. The van der Waals surface area contributed by atoms with Gasteiger partial charge in [-0.3, -0.25) is 20.2 Å². The number of nitro benzene ring substituents is 2. The van der Waals surface area contributed by atoms with Crippen molar-refractivity contribution in [1.82, 2.24) is 0 Å². The maximum atomic E-state index is 11.4. The van der Waals surface area contributed by atoms with Gasteiger partial charge in [0.25, 0.3) is 5.69 Å². The zero-order valence-corrected chi connectivity index (χ0v) is 16.5. The summed E-state index contributed by atoms with van der Waals surface area (Å²) in [7, 11) is -2.13. The zero-order chi connectivity index (χ0) is 17.9. The lowest BCUT2D eigenvalue weighted by molar-refractivity contribution is -0.598. The summed E-state index contributed by atoms with van der Waals surface area (Å²) in [5.74, 6) is 0.182. The van der Waals surface area contributed by atoms with E-state index in [1.54, 1.807) is 0 Å². The number of nitrogens with zero attached hydrogens (tertiary/aromatic N) is 2. The Bertz CT molecular complexity index is 777. The molecule has 0 aliphatic rings. The maximum absolute atomic E-state index is 11.4. The van der Waals surface area contributed by atoms with E-state index in [1.165, 1.54) is 6.07 Å². The van der Waals surface area contributed by atoms with Gasteiger partial charge in [0.1, 0.15) is 0 Å². The molecule has 2 rings (SSSR count). The van der Waals surface area contributed by atoms with Gasteiger partial charge in [0, 0.05) is 0 Å². The van der Waals surface area contributed by atoms with Crippen molar-refractivity contribution >= 4 is 19.7 Å². The molecule has 0 amide bonds. The molecular weight excluding hydrogens is 443 g/mol. The van der Waals surface area contributed by atoms with Crippen molar-refractivity contribution < 1.29 is 35.5 Å². The molecule has 126 valence electrons. The van der Waals surface area contributed by atoms with Gasteiger partial charge in [0.15, 0.2) is 3.57 Å². The van der Waals surface area contributed by atoms with Gasteiger partial charge in [0.05, 0.1) is 22.0 Å². The van der Waals surface area contributed by atoms with E-state index in [0.717, 1.165) is 9.64 Å². The summed E-state index contributed by atoms with van der Waals surface area (Å²) < 4.78 is 7.50. The lowest BCUT2D eigenvalue weighted by Gasteiger charge is -2.18. The first-order valence-electron chi connectivity index (χ1n) is 7.03. The molecule has 0 saturated carbocycles. The highest BCUT2D eigenvalue weighted by Crippen LogP contribution is 2.33. The summed E-state index contributed by atoms with van der Waals surface area (Å²) in [5, 5.41) is 22.6. The van der Waals surface area contributed by atoms with Gasteiger partial charge in [-0.15, -0.1) is 0 Å². The van der Waals surface area contributed by atoms with Crippen LogP contribution in [-0.2, 0) is 0 Å². The van der Waals surface area contributed by atoms with Gasteiger partial charge in [-0.05, 0) is 31.8 Å². The number of rotatable bonds is 6. The monoisotopic (exact) mass is 459 g/mol. The van der Waals surface area contributed by atoms with Crippen LogP contribution in [0.15, 0.2) is 42.5 Å². The molecule has 0 aromatic heterocycles. The second-order valence-electron chi connectivity index (χ2n) is 5.89. The molecule has 0 saturated heterocycles. The van der Waals surface area contributed by atoms with Gasteiger partial charge >= 0.3 is 26.9 Å². The number of hydrogen-bond acceptors (Lipinski definition) is 5. The Kier molecular flexibility index (Phi) is 5.54. The standard InChI is InChI=1S/C15H16IN2O5Si/c1-24(2,3)23-15-13(16-11-7-5-4-6-8-11)9-12(17(19)20)10-14(15)18(21)22/h4-10H,1-3H3/q+1. The van der Waals surface area contributed by atoms with Crippen molar-refractivity contribution in [2.75, 3.05) is 0 Å². The van der Waals surface area contributed by atoms with Gasteiger partial charge in [0.2, 0.25) is 17.6 Å². The van der Waals surface area contributed by atoms with E-state index in [2.05, 4.69) is 0 Å². The summed E-state index contributed by atoms with van der Waals surface area (Å²) in [6.07, 6.45) is 0. The molecule has 0 unspecified atom stereocenters. The van der Waals surface area contributed by atoms with Gasteiger partial charge < -0.3 is 4.43 Å². The SMILES string of the molecule is C[Si](C)(C)Oc1c([I+]c2ccccc2)cc([N+](=O)[O-])cc1[N+](=O)[O-]. The van der Waals surface area contributed by atoms with Crippen LogP contribution in [0.2, 0.25) is 19.6 Å². The first-order chi connectivity index (χ1) is 11.2. The van der Waals surface area contributed by atoms with Crippen LogP contribution in [0.25, 0.3) is 0 Å². The Labute approximate surface area is 150 Å². The highest BCUT2D eigenvalue weighted by molar-refractivity contribution is 6.70. The molecular formula is C15H16IN2O5Si+. The fraction of sp³-hybridized carbons (Fsp3) is 0.200. The lowest BCUT2D eigenvalue weighted by atomic mass is 10.2. The highest BCUT2D eigenvalue weighted by atomic mass is 127. The topological polar surface area (TPSA) is 95.5 Å². The Morgan fingerprint density at radius 1 is 1.00 bits per heavy atom. The van der Waals surface area contributed by atoms with Crippen molar-refractivity contribution in [3.63, 3.8) is 0 Å². The average Bonchev–Trinajstić information content (AvgIpc) is 2.48. The molecule has 0 heterocycles. The average molecular weight is 459 g/mol. The highest BCUT2D eigenvalue weighted by Gasteiger charge is 2.35. The van der Waals surface area contributed by atoms with Crippen molar-refractivity contribution in [2.24, 2.45) is 0 Å². The van der Waals surface area contributed by atoms with E-state index >= 15 is 0 Å². The van der Waals surface area contributed by atoms with Crippen LogP contribution in [0, 0.1) is 27.4 Å². The smallest absolute Gasteiger partial charge is 0.362 e. The van der Waals surface area contributed by atoms with Crippen LogP contribution in [0.4, 0.5) is 11.4 Å². The third kappa shape index (κ3) is 4.74. The van der Waals surface area contributed by atoms with E-state index in [0.29, 0.717) is 3.57 Å². The molecule has 0 radical (unpaired) electrons. The molecule has 2 aromatic carbocycles. The van der Waals surface area contributed by atoms with Crippen molar-refractivity contribution in [1.29, 1.82) is 0 Å². The molecule has 2 aromatic rings. The molecule has 0 spiro atoms. The number of hydrogen-bond donors (Lipinski definition) is 0. The van der Waals surface area contributed by atoms with Crippen LogP contribution < -0.4 is 25.6 Å². The first kappa shape index (κ1) is 18.3. The van der Waals surface area contributed by atoms with Crippen LogP contribution in [-0.4, -0.2) is 18.2 Å². The molecule has 0 bridgehead atoms. The van der Waals surface area contributed by atoms with E-state index in [4.69, 9.17) is 4.43 Å². The maximum Gasteiger partial charge on any atom is 0.362 e.